The number of aryl methyl sites for hydroxylation is 1. The van der Waals surface area contributed by atoms with Gasteiger partial charge in [-0.2, -0.15) is 0 Å². The summed E-state index contributed by atoms with van der Waals surface area (Å²) in [6.07, 6.45) is 8.76. The van der Waals surface area contributed by atoms with Crippen molar-refractivity contribution < 1.29 is 24.5 Å². The van der Waals surface area contributed by atoms with Crippen molar-refractivity contribution in [1.82, 2.24) is 4.90 Å². The minimum absolute atomic E-state index is 0.196. The van der Waals surface area contributed by atoms with Crippen LogP contribution in [0.3, 0.4) is 0 Å². The molecule has 236 valence electrons. The summed E-state index contributed by atoms with van der Waals surface area (Å²) in [5, 5.41) is 18.2. The second-order valence-electron chi connectivity index (χ2n) is 11.9. The van der Waals surface area contributed by atoms with Gasteiger partial charge in [0.05, 0.1) is 12.2 Å². The average Bonchev–Trinajstić information content (AvgIpc) is 3.04. The molecule has 0 aromatic heterocycles. The number of piperazine rings is 1. The summed E-state index contributed by atoms with van der Waals surface area (Å²) in [5.74, 6) is -0.336. The zero-order valence-corrected chi connectivity index (χ0v) is 25.9. The highest BCUT2D eigenvalue weighted by Crippen LogP contribution is 2.26. The third-order valence-corrected chi connectivity index (χ3v) is 8.64. The zero-order valence-electron chi connectivity index (χ0n) is 25.9. The van der Waals surface area contributed by atoms with E-state index in [0.717, 1.165) is 89.0 Å². The molecule has 7 nitrogen and oxygen atoms in total. The first-order chi connectivity index (χ1) is 21.5. The van der Waals surface area contributed by atoms with Crippen LogP contribution in [0.4, 0.5) is 5.69 Å². The second kappa shape index (κ2) is 18.1. The Hall–Kier alpha value is -3.84. The lowest BCUT2D eigenvalue weighted by Gasteiger charge is -2.36. The largest absolute Gasteiger partial charge is 0.493 e. The maximum absolute atomic E-state index is 11.2. The van der Waals surface area contributed by atoms with Gasteiger partial charge in [-0.25, -0.2) is 4.79 Å². The number of carboxylic acids is 2. The Morgan fingerprint density at radius 1 is 0.750 bits per heavy atom. The zero-order chi connectivity index (χ0) is 31.0. The Labute approximate surface area is 262 Å². The van der Waals surface area contributed by atoms with Crippen molar-refractivity contribution in [3.8, 4) is 5.75 Å². The summed E-state index contributed by atoms with van der Waals surface area (Å²) in [6, 6.07) is 26.1. The van der Waals surface area contributed by atoms with Gasteiger partial charge in [0, 0.05) is 38.3 Å². The number of ether oxygens (including phenoxy) is 1. The molecule has 1 unspecified atom stereocenters. The predicted octanol–water partition coefficient (Wildman–Crippen LogP) is 7.19. The molecule has 0 radical (unpaired) electrons. The highest BCUT2D eigenvalue weighted by molar-refractivity contribution is 5.87. The van der Waals surface area contributed by atoms with Crippen LogP contribution in [-0.2, 0) is 17.6 Å². The van der Waals surface area contributed by atoms with E-state index in [1.54, 1.807) is 12.1 Å². The minimum atomic E-state index is -0.920. The monoisotopic (exact) mass is 600 g/mol. The molecule has 3 aromatic rings. The number of para-hydroxylation sites is 2. The maximum atomic E-state index is 11.2. The number of aliphatic carboxylic acids is 1. The van der Waals surface area contributed by atoms with E-state index in [9.17, 15) is 14.7 Å². The van der Waals surface area contributed by atoms with E-state index in [1.165, 1.54) is 17.7 Å². The maximum Gasteiger partial charge on any atom is 0.335 e. The van der Waals surface area contributed by atoms with Crippen molar-refractivity contribution in [3.63, 3.8) is 0 Å². The van der Waals surface area contributed by atoms with Gasteiger partial charge < -0.3 is 19.8 Å². The SMILES string of the molecule is O=C(O)CCCCC(CCc1ccccc1OCCCCCN1CCN(c2ccccc2)CC1)Cc1ccc(C(=O)O)cc1. The fraction of sp³-hybridized carbons (Fsp3) is 0.459. The lowest BCUT2D eigenvalue weighted by atomic mass is 9.88. The standard InChI is InChI=1S/C37H48N2O5/c40-36(41)16-8-5-11-30(29-31-18-21-33(22-19-31)37(42)43)17-20-32-12-6-7-15-35(32)44-28-10-2-9-23-38-24-26-39(27-25-38)34-13-3-1-4-14-34/h1,3-4,6-7,12-15,18-19,21-22,30H,2,5,8-11,16-17,20,23-29H2,(H,40,41)(H,42,43). The van der Waals surface area contributed by atoms with Gasteiger partial charge >= 0.3 is 11.9 Å². The Bertz CT molecular complexity index is 1270. The van der Waals surface area contributed by atoms with Crippen LogP contribution in [0.1, 0.15) is 72.9 Å². The lowest BCUT2D eigenvalue weighted by Crippen LogP contribution is -2.46. The molecule has 7 heteroatoms. The van der Waals surface area contributed by atoms with Crippen LogP contribution < -0.4 is 9.64 Å². The number of benzene rings is 3. The summed E-state index contributed by atoms with van der Waals surface area (Å²) in [4.78, 5) is 27.3. The van der Waals surface area contributed by atoms with E-state index in [1.807, 2.05) is 18.2 Å². The molecule has 1 heterocycles. The quantitative estimate of drug-likeness (QED) is 0.141. The van der Waals surface area contributed by atoms with Gasteiger partial charge in [0.2, 0.25) is 0 Å². The number of hydrogen-bond acceptors (Lipinski definition) is 5. The van der Waals surface area contributed by atoms with Gasteiger partial charge in [0.15, 0.2) is 0 Å². The minimum Gasteiger partial charge on any atom is -0.493 e. The number of rotatable bonds is 19. The Morgan fingerprint density at radius 2 is 1.48 bits per heavy atom. The molecule has 1 aliphatic heterocycles. The lowest BCUT2D eigenvalue weighted by molar-refractivity contribution is -0.137. The smallest absolute Gasteiger partial charge is 0.335 e. The summed E-state index contributed by atoms with van der Waals surface area (Å²) in [6.45, 7) is 6.27. The molecule has 1 saturated heterocycles. The molecule has 1 aliphatic rings. The highest BCUT2D eigenvalue weighted by atomic mass is 16.5. The molecule has 0 saturated carbocycles. The molecular formula is C37H48N2O5. The molecule has 0 aliphatic carbocycles. The van der Waals surface area contributed by atoms with Crippen LogP contribution >= 0.6 is 0 Å². The van der Waals surface area contributed by atoms with Crippen LogP contribution in [-0.4, -0.2) is 66.4 Å². The van der Waals surface area contributed by atoms with Crippen LogP contribution in [0.15, 0.2) is 78.9 Å². The molecular weight excluding hydrogens is 552 g/mol. The number of anilines is 1. The number of carboxylic acid groups (broad SMARTS) is 2. The van der Waals surface area contributed by atoms with Crippen LogP contribution in [0.25, 0.3) is 0 Å². The fourth-order valence-electron chi connectivity index (χ4n) is 6.05. The summed E-state index contributed by atoms with van der Waals surface area (Å²) >= 11 is 0. The summed E-state index contributed by atoms with van der Waals surface area (Å²) in [7, 11) is 0. The van der Waals surface area contributed by atoms with E-state index < -0.39 is 11.9 Å². The molecule has 0 amide bonds. The molecule has 0 spiro atoms. The number of unbranched alkanes of at least 4 members (excludes halogenated alkanes) is 3. The number of aromatic carboxylic acids is 1. The summed E-state index contributed by atoms with van der Waals surface area (Å²) in [5.41, 5.74) is 3.93. The van der Waals surface area contributed by atoms with Crippen molar-refractivity contribution in [1.29, 1.82) is 0 Å². The number of carbonyl (C=O) groups is 2. The third kappa shape index (κ3) is 11.3. The van der Waals surface area contributed by atoms with E-state index in [2.05, 4.69) is 58.3 Å². The molecule has 4 rings (SSSR count). The van der Waals surface area contributed by atoms with Crippen LogP contribution in [0.2, 0.25) is 0 Å². The van der Waals surface area contributed by atoms with E-state index in [4.69, 9.17) is 9.84 Å². The molecule has 44 heavy (non-hydrogen) atoms. The molecule has 1 atom stereocenters. The Balaban J connectivity index is 1.18. The first-order valence-corrected chi connectivity index (χ1v) is 16.2. The Kier molecular flexibility index (Phi) is 13.6. The normalized spacial score (nSPS) is 14.3. The van der Waals surface area contributed by atoms with Crippen molar-refractivity contribution in [3.05, 3.63) is 95.6 Å². The first kappa shape index (κ1) is 33.1. The molecule has 0 bridgehead atoms. The molecule has 1 fully saturated rings. The molecule has 3 aromatic carbocycles. The van der Waals surface area contributed by atoms with Crippen molar-refractivity contribution in [2.24, 2.45) is 5.92 Å². The van der Waals surface area contributed by atoms with Crippen LogP contribution in [0, 0.1) is 5.92 Å². The third-order valence-electron chi connectivity index (χ3n) is 8.64. The van der Waals surface area contributed by atoms with Crippen molar-refractivity contribution in [2.45, 2.75) is 64.2 Å². The van der Waals surface area contributed by atoms with E-state index in [0.29, 0.717) is 24.5 Å². The van der Waals surface area contributed by atoms with Crippen molar-refractivity contribution >= 4 is 17.6 Å². The van der Waals surface area contributed by atoms with E-state index >= 15 is 0 Å². The first-order valence-electron chi connectivity index (χ1n) is 16.2. The highest BCUT2D eigenvalue weighted by Gasteiger charge is 2.17. The molecule has 2 N–H and O–H groups in total. The average molecular weight is 601 g/mol. The van der Waals surface area contributed by atoms with Gasteiger partial charge in [-0.05, 0) is 98.9 Å². The topological polar surface area (TPSA) is 90.3 Å². The van der Waals surface area contributed by atoms with Gasteiger partial charge in [-0.3, -0.25) is 9.69 Å². The predicted molar refractivity (Wildman–Crippen MR) is 176 cm³/mol. The van der Waals surface area contributed by atoms with Gasteiger partial charge in [0.1, 0.15) is 5.75 Å². The number of nitrogens with zero attached hydrogens (tertiary/aromatic N) is 2. The fourth-order valence-corrected chi connectivity index (χ4v) is 6.05. The van der Waals surface area contributed by atoms with Gasteiger partial charge in [-0.15, -0.1) is 0 Å². The summed E-state index contributed by atoms with van der Waals surface area (Å²) < 4.78 is 6.26. The van der Waals surface area contributed by atoms with Gasteiger partial charge in [0.25, 0.3) is 0 Å². The van der Waals surface area contributed by atoms with Gasteiger partial charge in [-0.1, -0.05) is 61.4 Å². The van der Waals surface area contributed by atoms with E-state index in [-0.39, 0.29) is 6.42 Å². The second-order valence-corrected chi connectivity index (χ2v) is 11.9. The van der Waals surface area contributed by atoms with Crippen molar-refractivity contribution in [2.75, 3.05) is 44.2 Å². The number of hydrogen-bond donors (Lipinski definition) is 2. The van der Waals surface area contributed by atoms with Crippen LogP contribution in [0.5, 0.6) is 5.75 Å². The Morgan fingerprint density at radius 3 is 2.20 bits per heavy atom.